The second-order valence-electron chi connectivity index (χ2n) is 4.68. The smallest absolute Gasteiger partial charge is 0.293 e. The Bertz CT molecular complexity index is 887. The lowest BCUT2D eigenvalue weighted by Crippen LogP contribution is -2.20. The van der Waals surface area contributed by atoms with Crippen molar-refractivity contribution in [2.45, 2.75) is 6.61 Å². The third-order valence-corrected chi connectivity index (χ3v) is 3.04. The van der Waals surface area contributed by atoms with Crippen LogP contribution >= 0.6 is 0 Å². The zero-order chi connectivity index (χ0) is 17.6. The van der Waals surface area contributed by atoms with Crippen molar-refractivity contribution >= 4 is 17.9 Å². The number of carbonyl (C=O) groups excluding carboxylic acids is 1. The molecule has 0 aliphatic rings. The Labute approximate surface area is 140 Å². The van der Waals surface area contributed by atoms with Crippen molar-refractivity contribution in [2.75, 3.05) is 12.8 Å². The standard InChI is InChI=1S/C13H13N9O3/c1-24-7-9-10(17-21-22(9)12-11(14)19-25-20-12)13(23)18-16-6-8-2-4-15-5-3-8/h2-6H,7H2,1H3,(H2,14,19)(H,18,23)/b16-6-. The quantitative estimate of drug-likeness (QED) is 0.446. The number of nitrogens with two attached hydrogens (primary N) is 1. The summed E-state index contributed by atoms with van der Waals surface area (Å²) in [5, 5.41) is 18.6. The van der Waals surface area contributed by atoms with Gasteiger partial charge in [-0.2, -0.15) is 9.78 Å². The van der Waals surface area contributed by atoms with E-state index in [1.54, 1.807) is 24.5 Å². The van der Waals surface area contributed by atoms with Crippen molar-refractivity contribution in [1.82, 2.24) is 35.7 Å². The largest absolute Gasteiger partial charge is 0.378 e. The van der Waals surface area contributed by atoms with Gasteiger partial charge in [-0.05, 0) is 28.0 Å². The van der Waals surface area contributed by atoms with E-state index in [2.05, 4.69) is 40.8 Å². The normalized spacial score (nSPS) is 11.1. The van der Waals surface area contributed by atoms with E-state index in [0.717, 1.165) is 5.56 Å². The molecule has 0 aliphatic heterocycles. The molecule has 0 saturated heterocycles. The number of hydrogen-bond donors (Lipinski definition) is 2. The number of nitrogens with one attached hydrogen (secondary N) is 1. The SMILES string of the molecule is COCc1c(C(=O)N/N=C\c2ccncc2)nnn1-c1nonc1N. The number of rotatable bonds is 6. The van der Waals surface area contributed by atoms with E-state index in [9.17, 15) is 4.79 Å². The molecule has 0 unspecified atom stereocenters. The summed E-state index contributed by atoms with van der Waals surface area (Å²) >= 11 is 0. The Morgan fingerprint density at radius 2 is 2.24 bits per heavy atom. The number of hydrazone groups is 1. The van der Waals surface area contributed by atoms with Crippen LogP contribution in [-0.2, 0) is 11.3 Å². The second kappa shape index (κ2) is 7.27. The van der Waals surface area contributed by atoms with Gasteiger partial charge in [-0.1, -0.05) is 5.21 Å². The summed E-state index contributed by atoms with van der Waals surface area (Å²) in [5.41, 5.74) is 9.12. The highest BCUT2D eigenvalue weighted by Gasteiger charge is 2.23. The van der Waals surface area contributed by atoms with Gasteiger partial charge in [0.05, 0.1) is 12.8 Å². The van der Waals surface area contributed by atoms with Gasteiger partial charge < -0.3 is 10.5 Å². The highest BCUT2D eigenvalue weighted by atomic mass is 16.6. The molecule has 12 heteroatoms. The zero-order valence-corrected chi connectivity index (χ0v) is 13.0. The van der Waals surface area contributed by atoms with Crippen molar-refractivity contribution in [1.29, 1.82) is 0 Å². The molecule has 0 saturated carbocycles. The topological polar surface area (TPSA) is 159 Å². The molecule has 0 aliphatic carbocycles. The van der Waals surface area contributed by atoms with Gasteiger partial charge in [-0.25, -0.2) is 10.1 Å². The number of ether oxygens (including phenoxy) is 1. The van der Waals surface area contributed by atoms with Crippen LogP contribution < -0.4 is 11.2 Å². The predicted octanol–water partition coefficient (Wildman–Crippen LogP) is -0.462. The Kier molecular flexibility index (Phi) is 4.71. The molecule has 128 valence electrons. The fraction of sp³-hybridized carbons (Fsp3) is 0.154. The molecule has 12 nitrogen and oxygen atoms in total. The second-order valence-corrected chi connectivity index (χ2v) is 4.68. The van der Waals surface area contributed by atoms with Crippen LogP contribution in [0.15, 0.2) is 34.3 Å². The summed E-state index contributed by atoms with van der Waals surface area (Å²) in [7, 11) is 1.46. The summed E-state index contributed by atoms with van der Waals surface area (Å²) < 4.78 is 10.8. The summed E-state index contributed by atoms with van der Waals surface area (Å²) in [5.74, 6) is -0.456. The van der Waals surface area contributed by atoms with Crippen LogP contribution in [0.3, 0.4) is 0 Å². The number of hydrogen-bond acceptors (Lipinski definition) is 10. The van der Waals surface area contributed by atoms with Crippen molar-refractivity contribution in [3.8, 4) is 5.82 Å². The molecule has 0 aromatic carbocycles. The van der Waals surface area contributed by atoms with Crippen LogP contribution in [0.5, 0.6) is 0 Å². The number of nitrogen functional groups attached to an aromatic ring is 1. The van der Waals surface area contributed by atoms with Crippen molar-refractivity contribution in [2.24, 2.45) is 5.10 Å². The maximum atomic E-state index is 12.3. The highest BCUT2D eigenvalue weighted by molar-refractivity contribution is 5.94. The number of pyridine rings is 1. The van der Waals surface area contributed by atoms with Crippen molar-refractivity contribution in [3.05, 3.63) is 41.5 Å². The molecular formula is C13H13N9O3. The summed E-state index contributed by atoms with van der Waals surface area (Å²) in [6.45, 7) is 0.0378. The summed E-state index contributed by atoms with van der Waals surface area (Å²) in [6.07, 6.45) is 4.70. The molecule has 0 bridgehead atoms. The first-order chi connectivity index (χ1) is 12.2. The molecule has 0 spiro atoms. The third kappa shape index (κ3) is 3.48. The van der Waals surface area contributed by atoms with Gasteiger partial charge in [0.1, 0.15) is 5.69 Å². The maximum Gasteiger partial charge on any atom is 0.293 e. The molecular weight excluding hydrogens is 330 g/mol. The molecule has 3 aromatic heterocycles. The van der Waals surface area contributed by atoms with Crippen molar-refractivity contribution < 1.29 is 14.2 Å². The Balaban J connectivity index is 1.82. The lowest BCUT2D eigenvalue weighted by atomic mass is 10.3. The third-order valence-electron chi connectivity index (χ3n) is 3.04. The Morgan fingerprint density at radius 3 is 2.92 bits per heavy atom. The van der Waals surface area contributed by atoms with Crippen LogP contribution in [0.1, 0.15) is 21.7 Å². The van der Waals surface area contributed by atoms with Gasteiger partial charge in [-0.3, -0.25) is 9.78 Å². The fourth-order valence-corrected chi connectivity index (χ4v) is 1.92. The lowest BCUT2D eigenvalue weighted by molar-refractivity contribution is 0.0944. The van der Waals surface area contributed by atoms with Gasteiger partial charge in [0.2, 0.25) is 11.6 Å². The van der Waals surface area contributed by atoms with E-state index in [0.29, 0.717) is 5.69 Å². The minimum atomic E-state index is -0.571. The van der Waals surface area contributed by atoms with Gasteiger partial charge in [0.15, 0.2) is 5.69 Å². The number of amides is 1. The lowest BCUT2D eigenvalue weighted by Gasteiger charge is -2.03. The van der Waals surface area contributed by atoms with E-state index < -0.39 is 5.91 Å². The van der Waals surface area contributed by atoms with Crippen LogP contribution in [0.25, 0.3) is 5.82 Å². The first-order valence-electron chi connectivity index (χ1n) is 6.96. The molecule has 0 atom stereocenters. The number of carbonyl (C=O) groups is 1. The number of anilines is 1. The van der Waals surface area contributed by atoms with E-state index in [1.807, 2.05) is 0 Å². The maximum absolute atomic E-state index is 12.3. The van der Waals surface area contributed by atoms with E-state index in [1.165, 1.54) is 18.0 Å². The fourth-order valence-electron chi connectivity index (χ4n) is 1.92. The van der Waals surface area contributed by atoms with Crippen molar-refractivity contribution in [3.63, 3.8) is 0 Å². The molecule has 3 N–H and O–H groups in total. The minimum absolute atomic E-state index is 0.00455. The first kappa shape index (κ1) is 16.2. The average Bonchev–Trinajstić information content (AvgIpc) is 3.22. The molecule has 0 fully saturated rings. The number of nitrogens with zero attached hydrogens (tertiary/aromatic N) is 7. The molecule has 3 rings (SSSR count). The summed E-state index contributed by atoms with van der Waals surface area (Å²) in [4.78, 5) is 16.2. The zero-order valence-electron chi connectivity index (χ0n) is 13.0. The van der Waals surface area contributed by atoms with Crippen LogP contribution in [-0.4, -0.2) is 49.5 Å². The molecule has 0 radical (unpaired) electrons. The van der Waals surface area contributed by atoms with E-state index in [-0.39, 0.29) is 23.9 Å². The highest BCUT2D eigenvalue weighted by Crippen LogP contribution is 2.16. The van der Waals surface area contributed by atoms with E-state index in [4.69, 9.17) is 10.5 Å². The Hall–Kier alpha value is -3.67. The van der Waals surface area contributed by atoms with Crippen LogP contribution in [0, 0.1) is 0 Å². The van der Waals surface area contributed by atoms with Gasteiger partial charge in [-0.15, -0.1) is 5.10 Å². The Morgan fingerprint density at radius 1 is 1.44 bits per heavy atom. The van der Waals surface area contributed by atoms with Gasteiger partial charge >= 0.3 is 0 Å². The monoisotopic (exact) mass is 343 g/mol. The van der Waals surface area contributed by atoms with Crippen LogP contribution in [0.2, 0.25) is 0 Å². The van der Waals surface area contributed by atoms with Gasteiger partial charge in [0, 0.05) is 19.5 Å². The average molecular weight is 343 g/mol. The number of methoxy groups -OCH3 is 1. The molecule has 3 aromatic rings. The minimum Gasteiger partial charge on any atom is -0.378 e. The number of aromatic nitrogens is 6. The summed E-state index contributed by atoms with van der Waals surface area (Å²) in [6, 6.07) is 3.48. The first-order valence-corrected chi connectivity index (χ1v) is 6.96. The molecule has 3 heterocycles. The molecule has 25 heavy (non-hydrogen) atoms. The van der Waals surface area contributed by atoms with Gasteiger partial charge in [0.25, 0.3) is 5.91 Å². The predicted molar refractivity (Wildman–Crippen MR) is 83.6 cm³/mol. The molecule has 1 amide bonds. The van der Waals surface area contributed by atoms with Crippen LogP contribution in [0.4, 0.5) is 5.82 Å². The van der Waals surface area contributed by atoms with E-state index >= 15 is 0 Å².